The molecule has 0 amide bonds. The largest absolute Gasteiger partial charge is 0.292 e. The Kier molecular flexibility index (Phi) is 1.50. The molecule has 2 rings (SSSR count). The van der Waals surface area contributed by atoms with E-state index in [2.05, 4.69) is 9.98 Å². The molecule has 2 heterocycles. The van der Waals surface area contributed by atoms with Crippen molar-refractivity contribution in [2.75, 3.05) is 0 Å². The van der Waals surface area contributed by atoms with Crippen LogP contribution in [0.15, 0.2) is 23.3 Å². The van der Waals surface area contributed by atoms with Crippen molar-refractivity contribution in [1.29, 1.82) is 0 Å². The number of ketones is 1. The molecule has 0 aliphatic carbocycles. The number of hydrogen-bond donors (Lipinski definition) is 0. The van der Waals surface area contributed by atoms with Gasteiger partial charge in [0.1, 0.15) is 5.69 Å². The quantitative estimate of drug-likeness (QED) is 0.580. The highest BCUT2D eigenvalue weighted by Gasteiger charge is 2.17. The van der Waals surface area contributed by atoms with Gasteiger partial charge in [0.15, 0.2) is 5.78 Å². The molecule has 60 valence electrons. The van der Waals surface area contributed by atoms with Gasteiger partial charge in [-0.05, 0) is 19.1 Å². The first-order valence-corrected chi connectivity index (χ1v) is 3.80. The second-order valence-corrected chi connectivity index (χ2v) is 2.82. The third-order valence-electron chi connectivity index (χ3n) is 1.78. The zero-order chi connectivity index (χ0) is 8.55. The van der Waals surface area contributed by atoms with Gasteiger partial charge in [0.2, 0.25) is 0 Å². The van der Waals surface area contributed by atoms with Crippen LogP contribution in [0.4, 0.5) is 5.69 Å². The van der Waals surface area contributed by atoms with Crippen LogP contribution < -0.4 is 0 Å². The molecule has 0 bridgehead atoms. The summed E-state index contributed by atoms with van der Waals surface area (Å²) in [6, 6.07) is 3.59. The van der Waals surface area contributed by atoms with Crippen molar-refractivity contribution in [2.24, 2.45) is 4.99 Å². The third kappa shape index (κ3) is 1.03. The summed E-state index contributed by atoms with van der Waals surface area (Å²) < 4.78 is 0. The van der Waals surface area contributed by atoms with E-state index in [9.17, 15) is 4.79 Å². The predicted molar refractivity (Wildman–Crippen MR) is 46.0 cm³/mol. The maximum atomic E-state index is 11.4. The van der Waals surface area contributed by atoms with Gasteiger partial charge in [-0.1, -0.05) is 0 Å². The van der Waals surface area contributed by atoms with Gasteiger partial charge < -0.3 is 0 Å². The number of carbonyl (C=O) groups is 1. The molecule has 0 radical (unpaired) electrons. The number of aromatic nitrogens is 1. The minimum absolute atomic E-state index is 0.0677. The van der Waals surface area contributed by atoms with E-state index in [0.29, 0.717) is 17.8 Å². The maximum Gasteiger partial charge on any atom is 0.188 e. The van der Waals surface area contributed by atoms with Gasteiger partial charge in [0.25, 0.3) is 0 Å². The van der Waals surface area contributed by atoms with E-state index in [4.69, 9.17) is 0 Å². The van der Waals surface area contributed by atoms with Crippen molar-refractivity contribution < 1.29 is 4.79 Å². The number of fused-ring (bicyclic) bond motifs is 1. The van der Waals surface area contributed by atoms with Crippen molar-refractivity contribution in [3.63, 3.8) is 0 Å². The van der Waals surface area contributed by atoms with E-state index in [1.165, 1.54) is 0 Å². The lowest BCUT2D eigenvalue weighted by molar-refractivity contribution is 0.0995. The van der Waals surface area contributed by atoms with E-state index in [1.54, 1.807) is 12.3 Å². The van der Waals surface area contributed by atoms with E-state index >= 15 is 0 Å². The summed E-state index contributed by atoms with van der Waals surface area (Å²) in [5.41, 5.74) is 2.06. The number of aliphatic imine (C=N–C) groups is 1. The van der Waals surface area contributed by atoms with Crippen molar-refractivity contribution in [3.05, 3.63) is 24.0 Å². The second-order valence-electron chi connectivity index (χ2n) is 2.82. The van der Waals surface area contributed by atoms with Crippen LogP contribution in [0.3, 0.4) is 0 Å². The molecule has 3 heteroatoms. The average Bonchev–Trinajstić information content (AvgIpc) is 2.04. The fourth-order valence-electron chi connectivity index (χ4n) is 1.26. The van der Waals surface area contributed by atoms with Gasteiger partial charge >= 0.3 is 0 Å². The van der Waals surface area contributed by atoms with Gasteiger partial charge in [0, 0.05) is 11.9 Å². The molecular weight excluding hydrogens is 152 g/mol. The van der Waals surface area contributed by atoms with Gasteiger partial charge in [-0.2, -0.15) is 0 Å². The lowest BCUT2D eigenvalue weighted by Crippen LogP contribution is -2.11. The minimum Gasteiger partial charge on any atom is -0.292 e. The normalized spacial score (nSPS) is 15.4. The Hall–Kier alpha value is -1.51. The Morgan fingerprint density at radius 3 is 3.17 bits per heavy atom. The fourth-order valence-corrected chi connectivity index (χ4v) is 1.26. The van der Waals surface area contributed by atoms with E-state index in [-0.39, 0.29) is 5.78 Å². The van der Waals surface area contributed by atoms with Crippen LogP contribution in [0.2, 0.25) is 0 Å². The van der Waals surface area contributed by atoms with Gasteiger partial charge in [0.05, 0.1) is 12.1 Å². The zero-order valence-electron chi connectivity index (χ0n) is 6.74. The van der Waals surface area contributed by atoms with Crippen LogP contribution in [-0.4, -0.2) is 16.5 Å². The summed E-state index contributed by atoms with van der Waals surface area (Å²) in [4.78, 5) is 19.6. The van der Waals surface area contributed by atoms with Crippen molar-refractivity contribution in [1.82, 2.24) is 4.98 Å². The predicted octanol–water partition coefficient (Wildman–Crippen LogP) is 1.76. The van der Waals surface area contributed by atoms with E-state index < -0.39 is 0 Å². The van der Waals surface area contributed by atoms with E-state index in [0.717, 1.165) is 5.71 Å². The van der Waals surface area contributed by atoms with Crippen LogP contribution in [-0.2, 0) is 0 Å². The van der Waals surface area contributed by atoms with E-state index in [1.807, 2.05) is 13.0 Å². The molecular formula is C9H8N2O. The summed E-state index contributed by atoms with van der Waals surface area (Å²) in [5, 5.41) is 0. The Morgan fingerprint density at radius 1 is 1.50 bits per heavy atom. The number of Topliss-reactive ketones (excluding diaryl/α,β-unsaturated/α-hetero) is 1. The smallest absolute Gasteiger partial charge is 0.188 e. The zero-order valence-corrected chi connectivity index (χ0v) is 6.74. The van der Waals surface area contributed by atoms with Gasteiger partial charge in [-0.3, -0.25) is 14.8 Å². The third-order valence-corrected chi connectivity index (χ3v) is 1.78. The highest BCUT2D eigenvalue weighted by atomic mass is 16.1. The first-order valence-electron chi connectivity index (χ1n) is 3.80. The SMILES string of the molecule is CC1=Nc2cccnc2C(=O)C1. The van der Waals surface area contributed by atoms with Crippen molar-refractivity contribution in [3.8, 4) is 0 Å². The lowest BCUT2D eigenvalue weighted by Gasteiger charge is -2.09. The van der Waals surface area contributed by atoms with Crippen LogP contribution in [0.25, 0.3) is 0 Å². The molecule has 0 aromatic carbocycles. The first kappa shape index (κ1) is 7.16. The highest BCUT2D eigenvalue weighted by Crippen LogP contribution is 2.22. The fraction of sp³-hybridized carbons (Fsp3) is 0.222. The number of carbonyl (C=O) groups excluding carboxylic acids is 1. The molecule has 0 spiro atoms. The van der Waals surface area contributed by atoms with Crippen LogP contribution in [0.5, 0.6) is 0 Å². The molecule has 0 fully saturated rings. The first-order chi connectivity index (χ1) is 5.77. The van der Waals surface area contributed by atoms with Crippen molar-refractivity contribution >= 4 is 17.2 Å². The lowest BCUT2D eigenvalue weighted by atomic mass is 10.1. The molecule has 1 aromatic heterocycles. The Labute approximate surface area is 70.2 Å². The van der Waals surface area contributed by atoms with Crippen LogP contribution in [0.1, 0.15) is 23.8 Å². The molecule has 1 aliphatic heterocycles. The molecule has 0 N–H and O–H groups in total. The Bertz CT molecular complexity index is 369. The molecule has 12 heavy (non-hydrogen) atoms. The van der Waals surface area contributed by atoms with Crippen molar-refractivity contribution in [2.45, 2.75) is 13.3 Å². The molecule has 0 saturated carbocycles. The topological polar surface area (TPSA) is 42.3 Å². The standard InChI is InChI=1S/C9H8N2O/c1-6-5-8(12)9-7(11-6)3-2-4-10-9/h2-4H,5H2,1H3. The number of nitrogens with zero attached hydrogens (tertiary/aromatic N) is 2. The molecule has 1 aliphatic rings. The van der Waals surface area contributed by atoms with Gasteiger partial charge in [-0.25, -0.2) is 0 Å². The summed E-state index contributed by atoms with van der Waals surface area (Å²) in [5.74, 6) is 0.0677. The van der Waals surface area contributed by atoms with Crippen LogP contribution in [0, 0.1) is 0 Å². The molecule has 0 atom stereocenters. The summed E-state index contributed by atoms with van der Waals surface area (Å²) >= 11 is 0. The average molecular weight is 160 g/mol. The number of hydrogen-bond acceptors (Lipinski definition) is 3. The van der Waals surface area contributed by atoms with Gasteiger partial charge in [-0.15, -0.1) is 0 Å². The number of pyridine rings is 1. The Balaban J connectivity index is 2.62. The maximum absolute atomic E-state index is 11.4. The monoisotopic (exact) mass is 160 g/mol. The second kappa shape index (κ2) is 2.52. The number of rotatable bonds is 0. The molecule has 1 aromatic rings. The molecule has 3 nitrogen and oxygen atoms in total. The summed E-state index contributed by atoms with van der Waals surface area (Å²) in [6.45, 7) is 1.86. The molecule has 0 saturated heterocycles. The minimum atomic E-state index is 0.0677. The Morgan fingerprint density at radius 2 is 2.33 bits per heavy atom. The summed E-state index contributed by atoms with van der Waals surface area (Å²) in [6.07, 6.45) is 2.02. The van der Waals surface area contributed by atoms with Crippen LogP contribution >= 0.6 is 0 Å². The molecule has 0 unspecified atom stereocenters. The summed E-state index contributed by atoms with van der Waals surface area (Å²) in [7, 11) is 0. The highest BCUT2D eigenvalue weighted by molar-refractivity contribution is 6.13.